The Bertz CT molecular complexity index is 581. The smallest absolute Gasteiger partial charge is 0.148 e. The van der Waals surface area contributed by atoms with E-state index < -0.39 is 0 Å². The molecule has 0 aliphatic carbocycles. The number of rotatable bonds is 3. The van der Waals surface area contributed by atoms with Crippen molar-refractivity contribution in [2.24, 2.45) is 10.2 Å². The van der Waals surface area contributed by atoms with Gasteiger partial charge in [0.15, 0.2) is 0 Å². The first kappa shape index (κ1) is 11.9. The van der Waals surface area contributed by atoms with Crippen LogP contribution < -0.4 is 16.2 Å². The molecule has 0 heterocycles. The summed E-state index contributed by atoms with van der Waals surface area (Å²) >= 11 is 0. The van der Waals surface area contributed by atoms with Gasteiger partial charge in [-0.05, 0) is 30.3 Å². The molecule has 18 heavy (non-hydrogen) atoms. The number of benzene rings is 2. The summed E-state index contributed by atoms with van der Waals surface area (Å²) in [7, 11) is 1.56. The second kappa shape index (κ2) is 5.18. The predicted octanol–water partition coefficient (Wildman–Crippen LogP) is 3.28. The maximum absolute atomic E-state index is 5.66. The van der Waals surface area contributed by atoms with Crippen molar-refractivity contribution in [3.05, 3.63) is 42.5 Å². The van der Waals surface area contributed by atoms with Gasteiger partial charge in [-0.2, -0.15) is 5.11 Å². The molecule has 0 fully saturated rings. The van der Waals surface area contributed by atoms with Crippen LogP contribution in [0.25, 0.3) is 0 Å². The topological polar surface area (TPSA) is 86.0 Å². The van der Waals surface area contributed by atoms with Crippen LogP contribution in [-0.2, 0) is 0 Å². The fourth-order valence-corrected chi connectivity index (χ4v) is 1.48. The van der Waals surface area contributed by atoms with E-state index >= 15 is 0 Å². The monoisotopic (exact) mass is 242 g/mol. The highest BCUT2D eigenvalue weighted by Gasteiger charge is 2.01. The molecule has 5 heteroatoms. The van der Waals surface area contributed by atoms with Crippen molar-refractivity contribution in [1.29, 1.82) is 0 Å². The largest absolute Gasteiger partial charge is 0.494 e. The van der Waals surface area contributed by atoms with Gasteiger partial charge in [-0.25, -0.2) is 0 Å². The van der Waals surface area contributed by atoms with E-state index in [1.54, 1.807) is 37.4 Å². The summed E-state index contributed by atoms with van der Waals surface area (Å²) in [4.78, 5) is 0. The molecule has 0 aliphatic rings. The van der Waals surface area contributed by atoms with Crippen LogP contribution in [0.3, 0.4) is 0 Å². The van der Waals surface area contributed by atoms with Crippen molar-refractivity contribution < 1.29 is 4.74 Å². The molecule has 0 aromatic heterocycles. The number of anilines is 2. The Morgan fingerprint density at radius 3 is 2.44 bits per heavy atom. The quantitative estimate of drug-likeness (QED) is 0.639. The maximum atomic E-state index is 5.66. The first-order chi connectivity index (χ1) is 8.69. The van der Waals surface area contributed by atoms with Crippen LogP contribution in [-0.4, -0.2) is 7.11 Å². The molecule has 0 aliphatic heterocycles. The molecule has 0 atom stereocenters. The molecule has 0 saturated heterocycles. The van der Waals surface area contributed by atoms with E-state index in [4.69, 9.17) is 16.2 Å². The number of hydrogen-bond donors (Lipinski definition) is 2. The first-order valence-corrected chi connectivity index (χ1v) is 5.40. The lowest BCUT2D eigenvalue weighted by molar-refractivity contribution is 0.416. The van der Waals surface area contributed by atoms with Crippen LogP contribution in [0.15, 0.2) is 52.7 Å². The minimum Gasteiger partial charge on any atom is -0.494 e. The Morgan fingerprint density at radius 1 is 0.944 bits per heavy atom. The van der Waals surface area contributed by atoms with Gasteiger partial charge in [0, 0.05) is 17.4 Å². The molecule has 0 radical (unpaired) electrons. The second-order valence-corrected chi connectivity index (χ2v) is 3.73. The van der Waals surface area contributed by atoms with Gasteiger partial charge < -0.3 is 16.2 Å². The molecule has 0 unspecified atom stereocenters. The third-order valence-corrected chi connectivity index (χ3v) is 2.35. The third kappa shape index (κ3) is 2.76. The molecule has 0 spiro atoms. The number of nitrogens with two attached hydrogens (primary N) is 2. The highest BCUT2D eigenvalue weighted by Crippen LogP contribution is 2.30. The van der Waals surface area contributed by atoms with Gasteiger partial charge >= 0.3 is 0 Å². The molecule has 0 amide bonds. The van der Waals surface area contributed by atoms with E-state index in [0.29, 0.717) is 28.5 Å². The van der Waals surface area contributed by atoms with Crippen LogP contribution in [0, 0.1) is 0 Å². The van der Waals surface area contributed by atoms with E-state index in [1.807, 2.05) is 12.1 Å². The Kier molecular flexibility index (Phi) is 3.43. The highest BCUT2D eigenvalue weighted by molar-refractivity contribution is 5.59. The van der Waals surface area contributed by atoms with Crippen LogP contribution in [0.4, 0.5) is 22.7 Å². The fourth-order valence-electron chi connectivity index (χ4n) is 1.48. The van der Waals surface area contributed by atoms with Crippen LogP contribution in [0.5, 0.6) is 5.75 Å². The van der Waals surface area contributed by atoms with E-state index in [9.17, 15) is 0 Å². The van der Waals surface area contributed by atoms with Crippen molar-refractivity contribution in [2.45, 2.75) is 0 Å². The lowest BCUT2D eigenvalue weighted by Gasteiger charge is -2.04. The number of hydrogen-bond acceptors (Lipinski definition) is 5. The first-order valence-electron chi connectivity index (χ1n) is 5.40. The Balaban J connectivity index is 2.28. The average Bonchev–Trinajstić information content (AvgIpc) is 2.37. The lowest BCUT2D eigenvalue weighted by atomic mass is 10.2. The van der Waals surface area contributed by atoms with Gasteiger partial charge in [0.1, 0.15) is 11.4 Å². The normalized spacial score (nSPS) is 10.7. The van der Waals surface area contributed by atoms with Crippen molar-refractivity contribution in [1.82, 2.24) is 0 Å². The minimum absolute atomic E-state index is 0.586. The predicted molar refractivity (Wildman–Crippen MR) is 72.4 cm³/mol. The molecular weight excluding hydrogens is 228 g/mol. The zero-order valence-electron chi connectivity index (χ0n) is 10.00. The number of nitrogens with zero attached hydrogens (tertiary/aromatic N) is 2. The third-order valence-electron chi connectivity index (χ3n) is 2.35. The summed E-state index contributed by atoms with van der Waals surface area (Å²) in [5.74, 6) is 0.586. The zero-order chi connectivity index (χ0) is 13.0. The van der Waals surface area contributed by atoms with Gasteiger partial charge in [0.2, 0.25) is 0 Å². The Hall–Kier alpha value is -2.56. The number of azo groups is 1. The zero-order valence-corrected chi connectivity index (χ0v) is 10.00. The molecule has 0 saturated carbocycles. The molecule has 4 N–H and O–H groups in total. The van der Waals surface area contributed by atoms with Crippen LogP contribution in [0.1, 0.15) is 0 Å². The minimum atomic E-state index is 0.586. The van der Waals surface area contributed by atoms with Crippen molar-refractivity contribution in [3.8, 4) is 5.75 Å². The van der Waals surface area contributed by atoms with Gasteiger partial charge in [0.05, 0.1) is 12.8 Å². The molecule has 2 aromatic rings. The average molecular weight is 242 g/mol. The van der Waals surface area contributed by atoms with Gasteiger partial charge in [-0.1, -0.05) is 6.07 Å². The van der Waals surface area contributed by atoms with E-state index in [0.717, 1.165) is 0 Å². The SMILES string of the molecule is COc1cc(N)ccc1/N=N/c1cccc(N)c1. The lowest BCUT2D eigenvalue weighted by Crippen LogP contribution is -1.87. The summed E-state index contributed by atoms with van der Waals surface area (Å²) < 4.78 is 5.18. The van der Waals surface area contributed by atoms with Crippen molar-refractivity contribution >= 4 is 22.7 Å². The standard InChI is InChI=1S/C13H14N4O/c1-18-13-8-10(15)5-6-12(13)17-16-11-4-2-3-9(14)7-11/h2-8H,14-15H2,1H3/b17-16+. The summed E-state index contributed by atoms with van der Waals surface area (Å²) in [6.45, 7) is 0. The van der Waals surface area contributed by atoms with E-state index in [2.05, 4.69) is 10.2 Å². The van der Waals surface area contributed by atoms with E-state index in [-0.39, 0.29) is 0 Å². The molecule has 2 aromatic carbocycles. The molecule has 0 bridgehead atoms. The summed E-state index contributed by atoms with van der Waals surface area (Å²) in [6, 6.07) is 12.4. The summed E-state index contributed by atoms with van der Waals surface area (Å²) in [5.41, 5.74) is 13.9. The van der Waals surface area contributed by atoms with Crippen LogP contribution >= 0.6 is 0 Å². The Labute approximate surface area is 105 Å². The fraction of sp³-hybridized carbons (Fsp3) is 0.0769. The van der Waals surface area contributed by atoms with Crippen LogP contribution in [0.2, 0.25) is 0 Å². The number of ether oxygens (including phenoxy) is 1. The summed E-state index contributed by atoms with van der Waals surface area (Å²) in [6.07, 6.45) is 0. The molecule has 5 nitrogen and oxygen atoms in total. The molecule has 2 rings (SSSR count). The second-order valence-electron chi connectivity index (χ2n) is 3.73. The van der Waals surface area contributed by atoms with Gasteiger partial charge in [-0.15, -0.1) is 5.11 Å². The number of nitrogen functional groups attached to an aromatic ring is 2. The van der Waals surface area contributed by atoms with Crippen molar-refractivity contribution in [2.75, 3.05) is 18.6 Å². The highest BCUT2D eigenvalue weighted by atomic mass is 16.5. The van der Waals surface area contributed by atoms with Gasteiger partial charge in [0.25, 0.3) is 0 Å². The maximum Gasteiger partial charge on any atom is 0.148 e. The van der Waals surface area contributed by atoms with Crippen molar-refractivity contribution in [3.63, 3.8) is 0 Å². The van der Waals surface area contributed by atoms with E-state index in [1.165, 1.54) is 0 Å². The number of methoxy groups -OCH3 is 1. The summed E-state index contributed by atoms with van der Waals surface area (Å²) in [5, 5.41) is 8.22. The van der Waals surface area contributed by atoms with Gasteiger partial charge in [-0.3, -0.25) is 0 Å². The molecule has 92 valence electrons. The molecular formula is C13H14N4O. The Morgan fingerprint density at radius 2 is 1.72 bits per heavy atom.